The van der Waals surface area contributed by atoms with Crippen LogP contribution in [0.5, 0.6) is 0 Å². The molecular weight excluding hydrogens is 280 g/mol. The first-order valence-corrected chi connectivity index (χ1v) is 8.13. The number of hydrogen-bond donors (Lipinski definition) is 2. The van der Waals surface area contributed by atoms with Crippen LogP contribution >= 0.6 is 11.8 Å². The predicted octanol–water partition coefficient (Wildman–Crippen LogP) is 1.40. The topological polar surface area (TPSA) is 78.9 Å². The molecule has 7 heteroatoms. The van der Waals surface area contributed by atoms with Crippen LogP contribution in [0.2, 0.25) is 0 Å². The van der Waals surface area contributed by atoms with Crippen molar-refractivity contribution in [1.29, 1.82) is 0 Å². The third-order valence-corrected chi connectivity index (χ3v) is 4.29. The Labute approximate surface area is 124 Å². The number of thioether (sulfide) groups is 1. The standard InChI is InChI=1S/C13H24N2O4S/c1-13(19-2)6-4-7-15(9-13)12(18)14-10(11(16)17)5-8-20-3/h10H,4-9H2,1-3H3,(H,14,18)(H,16,17). The van der Waals surface area contributed by atoms with E-state index < -0.39 is 12.0 Å². The van der Waals surface area contributed by atoms with E-state index in [0.717, 1.165) is 12.8 Å². The maximum Gasteiger partial charge on any atom is 0.326 e. The lowest BCUT2D eigenvalue weighted by molar-refractivity contribution is -0.139. The second-order valence-electron chi connectivity index (χ2n) is 5.30. The number of likely N-dealkylation sites (tertiary alicyclic amines) is 1. The molecule has 1 heterocycles. The lowest BCUT2D eigenvalue weighted by Crippen LogP contribution is -2.55. The molecule has 0 bridgehead atoms. The van der Waals surface area contributed by atoms with Crippen molar-refractivity contribution in [3.63, 3.8) is 0 Å². The van der Waals surface area contributed by atoms with Crippen LogP contribution in [0.15, 0.2) is 0 Å². The Morgan fingerprint density at radius 3 is 2.80 bits per heavy atom. The maximum atomic E-state index is 12.2. The minimum Gasteiger partial charge on any atom is -0.480 e. The summed E-state index contributed by atoms with van der Waals surface area (Å²) in [6.07, 6.45) is 4.11. The van der Waals surface area contributed by atoms with Gasteiger partial charge in [0.2, 0.25) is 0 Å². The number of urea groups is 1. The SMILES string of the molecule is COC1(C)CCCN(C(=O)NC(CCSC)C(=O)O)C1. The van der Waals surface area contributed by atoms with Gasteiger partial charge in [0.25, 0.3) is 0 Å². The summed E-state index contributed by atoms with van der Waals surface area (Å²) in [6.45, 7) is 3.10. The number of carboxylic acid groups (broad SMARTS) is 1. The highest BCUT2D eigenvalue weighted by molar-refractivity contribution is 7.98. The Morgan fingerprint density at radius 1 is 1.55 bits per heavy atom. The van der Waals surface area contributed by atoms with Crippen molar-refractivity contribution < 1.29 is 19.4 Å². The van der Waals surface area contributed by atoms with Gasteiger partial charge in [0.05, 0.1) is 12.1 Å². The van der Waals surface area contributed by atoms with Crippen LogP contribution in [0.3, 0.4) is 0 Å². The molecular formula is C13H24N2O4S. The fraction of sp³-hybridized carbons (Fsp3) is 0.846. The van der Waals surface area contributed by atoms with Gasteiger partial charge in [0.1, 0.15) is 6.04 Å². The van der Waals surface area contributed by atoms with Gasteiger partial charge in [-0.2, -0.15) is 11.8 Å². The van der Waals surface area contributed by atoms with Crippen LogP contribution < -0.4 is 5.32 Å². The molecule has 0 aromatic heterocycles. The van der Waals surface area contributed by atoms with Gasteiger partial charge in [0.15, 0.2) is 0 Å². The summed E-state index contributed by atoms with van der Waals surface area (Å²) >= 11 is 1.57. The van der Waals surface area contributed by atoms with Crippen molar-refractivity contribution in [3.8, 4) is 0 Å². The number of aliphatic carboxylic acids is 1. The Kier molecular flexibility index (Phi) is 6.61. The smallest absolute Gasteiger partial charge is 0.326 e. The number of methoxy groups -OCH3 is 1. The molecule has 0 saturated carbocycles. The second kappa shape index (κ2) is 7.73. The fourth-order valence-corrected chi connectivity index (χ4v) is 2.75. The van der Waals surface area contributed by atoms with Crippen molar-refractivity contribution in [1.82, 2.24) is 10.2 Å². The molecule has 2 unspecified atom stereocenters. The van der Waals surface area contributed by atoms with E-state index >= 15 is 0 Å². The van der Waals surface area contributed by atoms with Crippen LogP contribution in [-0.4, -0.2) is 65.9 Å². The molecule has 1 aliphatic rings. The quantitative estimate of drug-likeness (QED) is 0.775. The Balaban J connectivity index is 2.57. The third-order valence-electron chi connectivity index (χ3n) is 3.65. The number of amides is 2. The average molecular weight is 304 g/mol. The van der Waals surface area contributed by atoms with Gasteiger partial charge in [-0.15, -0.1) is 0 Å². The van der Waals surface area contributed by atoms with Gasteiger partial charge in [-0.1, -0.05) is 0 Å². The molecule has 0 aromatic carbocycles. The lowest BCUT2D eigenvalue weighted by atomic mass is 9.95. The Hall–Kier alpha value is -0.950. The van der Waals surface area contributed by atoms with E-state index in [9.17, 15) is 9.59 Å². The zero-order chi connectivity index (χ0) is 15.2. The minimum atomic E-state index is -0.987. The zero-order valence-electron chi connectivity index (χ0n) is 12.3. The predicted molar refractivity (Wildman–Crippen MR) is 79.2 cm³/mol. The Morgan fingerprint density at radius 2 is 2.25 bits per heavy atom. The highest BCUT2D eigenvalue weighted by Crippen LogP contribution is 2.23. The van der Waals surface area contributed by atoms with E-state index in [4.69, 9.17) is 9.84 Å². The van der Waals surface area contributed by atoms with Crippen molar-refractivity contribution in [3.05, 3.63) is 0 Å². The first kappa shape index (κ1) is 17.1. The second-order valence-corrected chi connectivity index (χ2v) is 6.29. The molecule has 6 nitrogen and oxygen atoms in total. The van der Waals surface area contributed by atoms with E-state index in [-0.39, 0.29) is 11.6 Å². The molecule has 1 fully saturated rings. The van der Waals surface area contributed by atoms with Crippen molar-refractivity contribution >= 4 is 23.8 Å². The molecule has 0 aliphatic carbocycles. The maximum absolute atomic E-state index is 12.2. The van der Waals surface area contributed by atoms with Gasteiger partial charge in [-0.3, -0.25) is 0 Å². The van der Waals surface area contributed by atoms with Crippen LogP contribution in [0.4, 0.5) is 4.79 Å². The number of carboxylic acids is 1. The van der Waals surface area contributed by atoms with Gasteiger partial charge in [-0.05, 0) is 38.2 Å². The molecule has 1 saturated heterocycles. The van der Waals surface area contributed by atoms with Gasteiger partial charge in [0, 0.05) is 13.7 Å². The molecule has 2 N–H and O–H groups in total. The third kappa shape index (κ3) is 4.86. The van der Waals surface area contributed by atoms with E-state index in [1.165, 1.54) is 0 Å². The van der Waals surface area contributed by atoms with Crippen LogP contribution in [0.25, 0.3) is 0 Å². The van der Waals surface area contributed by atoms with Crippen LogP contribution in [-0.2, 0) is 9.53 Å². The zero-order valence-corrected chi connectivity index (χ0v) is 13.2. The first-order valence-electron chi connectivity index (χ1n) is 6.74. The molecule has 1 aliphatic heterocycles. The van der Waals surface area contributed by atoms with E-state index in [2.05, 4.69) is 5.32 Å². The summed E-state index contributed by atoms with van der Waals surface area (Å²) < 4.78 is 5.44. The number of carbonyl (C=O) groups excluding carboxylic acids is 1. The molecule has 2 atom stereocenters. The lowest BCUT2D eigenvalue weighted by Gasteiger charge is -2.39. The minimum absolute atomic E-state index is 0.318. The summed E-state index contributed by atoms with van der Waals surface area (Å²) in [5.41, 5.74) is -0.340. The van der Waals surface area contributed by atoms with E-state index in [1.807, 2.05) is 13.2 Å². The Bertz CT molecular complexity index is 353. The summed E-state index contributed by atoms with van der Waals surface area (Å²) in [5, 5.41) is 11.7. The molecule has 1 rings (SSSR count). The van der Waals surface area contributed by atoms with Crippen LogP contribution in [0.1, 0.15) is 26.2 Å². The van der Waals surface area contributed by atoms with Gasteiger partial charge in [-0.25, -0.2) is 9.59 Å². The number of piperidine rings is 1. The number of nitrogens with zero attached hydrogens (tertiary/aromatic N) is 1. The van der Waals surface area contributed by atoms with E-state index in [1.54, 1.807) is 23.8 Å². The molecule has 20 heavy (non-hydrogen) atoms. The molecule has 116 valence electrons. The van der Waals surface area contributed by atoms with Crippen molar-refractivity contribution in [2.75, 3.05) is 32.2 Å². The molecule has 0 aromatic rings. The average Bonchev–Trinajstić information content (AvgIpc) is 2.43. The highest BCUT2D eigenvalue weighted by Gasteiger charge is 2.34. The van der Waals surface area contributed by atoms with Gasteiger partial charge >= 0.3 is 12.0 Å². The van der Waals surface area contributed by atoms with E-state index in [0.29, 0.717) is 25.3 Å². The summed E-state index contributed by atoms with van der Waals surface area (Å²) in [5.74, 6) is -0.286. The fourth-order valence-electron chi connectivity index (χ4n) is 2.28. The normalized spacial score (nSPS) is 24.2. The monoisotopic (exact) mass is 304 g/mol. The summed E-state index contributed by atoms with van der Waals surface area (Å²) in [6, 6.07) is -1.15. The highest BCUT2D eigenvalue weighted by atomic mass is 32.2. The molecule has 2 amide bonds. The summed E-state index contributed by atoms with van der Waals surface area (Å²) in [7, 11) is 1.64. The number of carbonyl (C=O) groups is 2. The summed E-state index contributed by atoms with van der Waals surface area (Å²) in [4.78, 5) is 24.9. The largest absolute Gasteiger partial charge is 0.480 e. The van der Waals surface area contributed by atoms with Crippen LogP contribution in [0, 0.1) is 0 Å². The molecule has 0 spiro atoms. The number of hydrogen-bond acceptors (Lipinski definition) is 4. The molecule has 0 radical (unpaired) electrons. The van der Waals surface area contributed by atoms with Gasteiger partial charge < -0.3 is 20.1 Å². The number of nitrogens with one attached hydrogen (secondary N) is 1. The number of ether oxygens (including phenoxy) is 1. The number of rotatable bonds is 6. The van der Waals surface area contributed by atoms with Crippen molar-refractivity contribution in [2.24, 2.45) is 0 Å². The van der Waals surface area contributed by atoms with Crippen molar-refractivity contribution in [2.45, 2.75) is 37.8 Å². The first-order chi connectivity index (χ1) is 9.41.